The number of hydrogen-bond donors (Lipinski definition) is 4. The van der Waals surface area contributed by atoms with Gasteiger partial charge in [0.25, 0.3) is 0 Å². The van der Waals surface area contributed by atoms with Gasteiger partial charge < -0.3 is 30.2 Å². The van der Waals surface area contributed by atoms with E-state index in [1.54, 1.807) is 28.2 Å². The first kappa shape index (κ1) is 59.6. The fraction of sp³-hybridized carbons (Fsp3) is 0.931. The molecule has 376 valence electrons. The molecule has 0 saturated heterocycles. The van der Waals surface area contributed by atoms with Gasteiger partial charge in [0.15, 0.2) is 0 Å². The van der Waals surface area contributed by atoms with Gasteiger partial charge in [-0.3, -0.25) is 0 Å². The van der Waals surface area contributed by atoms with Crippen LogP contribution >= 0.6 is 0 Å². The summed E-state index contributed by atoms with van der Waals surface area (Å²) in [5, 5.41) is 6.89. The van der Waals surface area contributed by atoms with Crippen LogP contribution < -0.4 is 21.3 Å². The van der Waals surface area contributed by atoms with E-state index in [1.165, 1.54) is 10.6 Å². The number of nitrogens with one attached hydrogen (secondary N) is 4. The maximum Gasteiger partial charge on any atom is 0.460 e. The van der Waals surface area contributed by atoms with Crippen molar-refractivity contribution in [3.05, 3.63) is 0 Å². The fourth-order valence-electron chi connectivity index (χ4n) is 4.80. The Morgan fingerprint density at radius 2 is 0.556 bits per heavy atom. The molecule has 0 aromatic carbocycles. The Hall–Kier alpha value is -3.36. The highest BCUT2D eigenvalue weighted by molar-refractivity contribution is 5.74. The second-order valence-corrected chi connectivity index (χ2v) is 15.0. The lowest BCUT2D eigenvalue weighted by Gasteiger charge is -2.39. The number of alkyl halides is 26. The third-order valence-electron chi connectivity index (χ3n) is 8.98. The second-order valence-electron chi connectivity index (χ2n) is 15.0. The Labute approximate surface area is 338 Å². The first-order chi connectivity index (χ1) is 27.4. The molecule has 0 heterocycles. The third-order valence-corrected chi connectivity index (χ3v) is 8.98. The highest BCUT2D eigenvalue weighted by atomic mass is 19.4. The van der Waals surface area contributed by atoms with Crippen molar-refractivity contribution in [3.8, 4) is 0 Å². The standard InChI is InChI=1S/C29H36F26N6O2/c1-60(2,14-10-58-16(62)56-8-6-18(30,31)20(34,35)22(38,39)24(42,43)26(46,47)28(50,51)52)12-5-13-61(3,4)15-11-59-17(63)57-9-7-19(32,33)21(36,37)23(40,41)25(44,45)27(48,49)29(53,54)55/h5-15H2,1-4H3,(H2-2,56,57,58,59,62,63)/p+2. The first-order valence-corrected chi connectivity index (χ1v) is 17.0. The SMILES string of the molecule is C[N+](C)(CCC[N+](C)(C)CCNC(=O)NCCC(F)(F)C(F)(F)C(F)(F)C(F)(F)C(F)(F)C(F)(F)F)CCNC(=O)NCCC(F)(F)C(F)(F)C(F)(F)C(F)(F)C(F)(F)C(F)(F)F. The molecule has 34 heteroatoms. The summed E-state index contributed by atoms with van der Waals surface area (Å²) in [7, 11) is 6.21. The molecule has 8 nitrogen and oxygen atoms in total. The van der Waals surface area contributed by atoms with Gasteiger partial charge in [0.1, 0.15) is 0 Å². The Morgan fingerprint density at radius 1 is 0.333 bits per heavy atom. The van der Waals surface area contributed by atoms with Crippen LogP contribution in [0.15, 0.2) is 0 Å². The number of amides is 4. The lowest BCUT2D eigenvalue weighted by Crippen LogP contribution is -2.70. The Bertz CT molecular complexity index is 1420. The third kappa shape index (κ3) is 12.5. The maximum absolute atomic E-state index is 13.9. The van der Waals surface area contributed by atoms with E-state index in [0.29, 0.717) is 6.42 Å². The molecule has 4 amide bonds. The number of quaternary nitrogens is 2. The topological polar surface area (TPSA) is 82.3 Å². The average molecular weight is 997 g/mol. The molecule has 0 aliphatic rings. The van der Waals surface area contributed by atoms with Crippen LogP contribution in [0.4, 0.5) is 124 Å². The largest absolute Gasteiger partial charge is 0.460 e. The molecule has 0 spiro atoms. The number of likely N-dealkylation sites (N-methyl/N-ethyl adjacent to an activating group) is 2. The smallest absolute Gasteiger partial charge is 0.338 e. The Kier molecular flexibility index (Phi) is 17.9. The number of carbonyl (C=O) groups excluding carboxylic acids is 2. The summed E-state index contributed by atoms with van der Waals surface area (Å²) in [6.07, 6.45) is -20.2. The maximum atomic E-state index is 13.9. The molecule has 0 aromatic heterocycles. The predicted molar refractivity (Wildman–Crippen MR) is 162 cm³/mol. The molecule has 0 aliphatic heterocycles. The monoisotopic (exact) mass is 996 g/mol. The molecule has 0 aromatic rings. The summed E-state index contributed by atoms with van der Waals surface area (Å²) in [5.74, 6) is -75.7. The zero-order valence-corrected chi connectivity index (χ0v) is 32.3. The second kappa shape index (κ2) is 18.9. The number of hydrogen-bond acceptors (Lipinski definition) is 2. The minimum atomic E-state index is -8.07. The first-order valence-electron chi connectivity index (χ1n) is 17.0. The van der Waals surface area contributed by atoms with Crippen molar-refractivity contribution in [3.63, 3.8) is 0 Å². The molecule has 63 heavy (non-hydrogen) atoms. The summed E-state index contributed by atoms with van der Waals surface area (Å²) < 4.78 is 343. The van der Waals surface area contributed by atoms with Crippen molar-refractivity contribution >= 4 is 12.1 Å². The quantitative estimate of drug-likeness (QED) is 0.0580. The van der Waals surface area contributed by atoms with Gasteiger partial charge in [-0.2, -0.15) is 114 Å². The van der Waals surface area contributed by atoms with E-state index in [-0.39, 0.29) is 48.2 Å². The van der Waals surface area contributed by atoms with Gasteiger partial charge in [-0.25, -0.2) is 9.59 Å². The molecule has 0 rings (SSSR count). The molecule has 0 unspecified atom stereocenters. The molecule has 0 radical (unpaired) electrons. The van der Waals surface area contributed by atoms with E-state index in [9.17, 15) is 124 Å². The number of urea groups is 2. The van der Waals surface area contributed by atoms with E-state index in [0.717, 1.165) is 0 Å². The van der Waals surface area contributed by atoms with Crippen LogP contribution in [0.2, 0.25) is 0 Å². The van der Waals surface area contributed by atoms with E-state index >= 15 is 0 Å². The molecule has 0 aliphatic carbocycles. The minimum Gasteiger partial charge on any atom is -0.338 e. The molecule has 0 fully saturated rings. The van der Waals surface area contributed by atoms with Gasteiger partial charge in [0.05, 0.1) is 67.5 Å². The molecule has 0 bridgehead atoms. The van der Waals surface area contributed by atoms with E-state index in [1.807, 2.05) is 10.6 Å². The van der Waals surface area contributed by atoms with Crippen molar-refractivity contribution in [1.82, 2.24) is 21.3 Å². The van der Waals surface area contributed by atoms with Crippen molar-refractivity contribution in [2.75, 3.05) is 80.5 Å². The van der Waals surface area contributed by atoms with Gasteiger partial charge in [-0.15, -0.1) is 0 Å². The van der Waals surface area contributed by atoms with E-state index < -0.39 is 110 Å². The summed E-state index contributed by atoms with van der Waals surface area (Å²) in [4.78, 5) is 23.7. The van der Waals surface area contributed by atoms with Crippen LogP contribution in [-0.2, 0) is 0 Å². The van der Waals surface area contributed by atoms with E-state index in [4.69, 9.17) is 0 Å². The van der Waals surface area contributed by atoms with E-state index in [2.05, 4.69) is 0 Å². The van der Waals surface area contributed by atoms with Crippen LogP contribution in [0.3, 0.4) is 0 Å². The zero-order chi connectivity index (χ0) is 50.8. The summed E-state index contributed by atoms with van der Waals surface area (Å²) in [5.41, 5.74) is 0. The average Bonchev–Trinajstić information content (AvgIpc) is 3.05. The molecular weight excluding hydrogens is 958 g/mol. The normalized spacial score (nSPS) is 15.3. The van der Waals surface area contributed by atoms with Crippen LogP contribution in [0.25, 0.3) is 0 Å². The number of nitrogens with zero attached hydrogens (tertiary/aromatic N) is 2. The van der Waals surface area contributed by atoms with Crippen molar-refractivity contribution in [1.29, 1.82) is 0 Å². The van der Waals surface area contributed by atoms with Gasteiger partial charge in [-0.1, -0.05) is 0 Å². The van der Waals surface area contributed by atoms with Crippen LogP contribution in [0.1, 0.15) is 19.3 Å². The van der Waals surface area contributed by atoms with Crippen molar-refractivity contribution in [2.24, 2.45) is 0 Å². The summed E-state index contributed by atoms with van der Waals surface area (Å²) in [6, 6.07) is -2.90. The molecule has 4 N–H and O–H groups in total. The van der Waals surface area contributed by atoms with Crippen molar-refractivity contribution < 1.29 is 133 Å². The lowest BCUT2D eigenvalue weighted by atomic mass is 9.92. The van der Waals surface area contributed by atoms with Crippen LogP contribution in [-0.4, -0.2) is 173 Å². The number of rotatable bonds is 24. The van der Waals surface area contributed by atoms with Gasteiger partial charge in [-0.05, 0) is 0 Å². The number of carbonyl (C=O) groups is 2. The fourth-order valence-corrected chi connectivity index (χ4v) is 4.80. The Balaban J connectivity index is 4.96. The lowest BCUT2D eigenvalue weighted by molar-refractivity contribution is -0.908. The highest BCUT2D eigenvalue weighted by Gasteiger charge is 2.92. The number of halogens is 26. The van der Waals surface area contributed by atoms with Gasteiger partial charge in [0.2, 0.25) is 0 Å². The zero-order valence-electron chi connectivity index (χ0n) is 32.3. The summed E-state index contributed by atoms with van der Waals surface area (Å²) in [6.45, 7) is -3.63. The molecule has 0 saturated carbocycles. The van der Waals surface area contributed by atoms with Gasteiger partial charge >= 0.3 is 83.6 Å². The summed E-state index contributed by atoms with van der Waals surface area (Å²) >= 11 is 0. The van der Waals surface area contributed by atoms with Crippen molar-refractivity contribution in [2.45, 2.75) is 90.8 Å². The highest BCUT2D eigenvalue weighted by Crippen LogP contribution is 2.62. The predicted octanol–water partition coefficient (Wildman–Crippen LogP) is 8.39. The van der Waals surface area contributed by atoms with Crippen LogP contribution in [0.5, 0.6) is 0 Å². The van der Waals surface area contributed by atoms with Gasteiger partial charge in [0, 0.05) is 32.4 Å². The molecule has 0 atom stereocenters. The van der Waals surface area contributed by atoms with Crippen LogP contribution in [0, 0.1) is 0 Å². The minimum absolute atomic E-state index is 0.00336. The Morgan fingerprint density at radius 3 is 0.794 bits per heavy atom. The molecular formula is C29H38F26N6O2+2.